The van der Waals surface area contributed by atoms with Crippen LogP contribution < -0.4 is 15.5 Å². The number of amides is 2. The summed E-state index contributed by atoms with van der Waals surface area (Å²) in [4.78, 5) is 32.4. The minimum atomic E-state index is -0.620. The first kappa shape index (κ1) is 23.9. The van der Waals surface area contributed by atoms with Gasteiger partial charge in [0, 0.05) is 29.7 Å². The van der Waals surface area contributed by atoms with E-state index in [2.05, 4.69) is 20.9 Å². The van der Waals surface area contributed by atoms with Crippen molar-refractivity contribution in [1.82, 2.24) is 10.3 Å². The predicted octanol–water partition coefficient (Wildman–Crippen LogP) is 3.97. The molecule has 2 amide bonds. The molecule has 34 heavy (non-hydrogen) atoms. The van der Waals surface area contributed by atoms with Gasteiger partial charge in [-0.05, 0) is 23.6 Å². The van der Waals surface area contributed by atoms with Crippen molar-refractivity contribution in [1.29, 1.82) is 0 Å². The zero-order valence-corrected chi connectivity index (χ0v) is 20.3. The van der Waals surface area contributed by atoms with Gasteiger partial charge in [0.1, 0.15) is 6.04 Å². The molecular formula is C26H30N4O3S. The molecule has 0 bridgehead atoms. The van der Waals surface area contributed by atoms with Gasteiger partial charge in [0.25, 0.3) is 0 Å². The number of benzene rings is 2. The van der Waals surface area contributed by atoms with E-state index >= 15 is 0 Å². The number of carbonyl (C=O) groups is 2. The second-order valence-electron chi connectivity index (χ2n) is 8.63. The molecule has 8 heteroatoms. The normalized spacial score (nSPS) is 14.6. The summed E-state index contributed by atoms with van der Waals surface area (Å²) in [6, 6.07) is 16.5. The molecule has 7 nitrogen and oxygen atoms in total. The number of rotatable bonds is 8. The summed E-state index contributed by atoms with van der Waals surface area (Å²) in [7, 11) is 0. The SMILES string of the molecule is CC(C)C(NC(=O)Cc1ccccc1)C(=O)Nc1ccc(-c2csc(N3CCOCC3)n2)cc1. The number of aromatic nitrogens is 1. The fraction of sp³-hybridized carbons (Fsp3) is 0.346. The van der Waals surface area contributed by atoms with Gasteiger partial charge in [-0.1, -0.05) is 56.3 Å². The Morgan fingerprint density at radius 2 is 1.76 bits per heavy atom. The Labute approximate surface area is 204 Å². The van der Waals surface area contributed by atoms with Crippen LogP contribution in [0.15, 0.2) is 60.0 Å². The molecule has 1 fully saturated rings. The van der Waals surface area contributed by atoms with Crippen molar-refractivity contribution >= 4 is 34.0 Å². The molecule has 0 aliphatic carbocycles. The summed E-state index contributed by atoms with van der Waals surface area (Å²) in [6.07, 6.45) is 0.242. The van der Waals surface area contributed by atoms with Crippen LogP contribution in [0, 0.1) is 5.92 Å². The van der Waals surface area contributed by atoms with Crippen molar-refractivity contribution in [2.45, 2.75) is 26.3 Å². The van der Waals surface area contributed by atoms with E-state index in [1.165, 1.54) is 0 Å². The fourth-order valence-electron chi connectivity index (χ4n) is 3.78. The van der Waals surface area contributed by atoms with Crippen molar-refractivity contribution in [3.63, 3.8) is 0 Å². The maximum atomic E-state index is 12.9. The Balaban J connectivity index is 1.36. The average Bonchev–Trinajstić information content (AvgIpc) is 3.34. The van der Waals surface area contributed by atoms with E-state index in [0.29, 0.717) is 5.69 Å². The van der Waals surface area contributed by atoms with Crippen LogP contribution in [0.3, 0.4) is 0 Å². The van der Waals surface area contributed by atoms with Crippen molar-refractivity contribution < 1.29 is 14.3 Å². The highest BCUT2D eigenvalue weighted by molar-refractivity contribution is 7.14. The monoisotopic (exact) mass is 478 g/mol. The van der Waals surface area contributed by atoms with Crippen LogP contribution in [-0.2, 0) is 20.7 Å². The standard InChI is InChI=1S/C26H30N4O3S/c1-18(2)24(29-23(31)16-19-6-4-3-5-7-19)25(32)27-21-10-8-20(9-11-21)22-17-34-26(28-22)30-12-14-33-15-13-30/h3-11,17-18,24H,12-16H2,1-2H3,(H,27,32)(H,29,31). The molecule has 4 rings (SSSR count). The molecule has 178 valence electrons. The Morgan fingerprint density at radius 3 is 2.44 bits per heavy atom. The third kappa shape index (κ3) is 6.21. The van der Waals surface area contributed by atoms with Crippen LogP contribution in [0.25, 0.3) is 11.3 Å². The quantitative estimate of drug-likeness (QED) is 0.512. The third-order valence-corrected chi connectivity index (χ3v) is 6.60. The van der Waals surface area contributed by atoms with E-state index in [1.807, 2.05) is 68.4 Å². The smallest absolute Gasteiger partial charge is 0.247 e. The number of carbonyl (C=O) groups excluding carboxylic acids is 2. The zero-order chi connectivity index (χ0) is 23.9. The van der Waals surface area contributed by atoms with Crippen molar-refractivity contribution in [2.75, 3.05) is 36.5 Å². The number of nitrogens with one attached hydrogen (secondary N) is 2. The molecule has 2 heterocycles. The number of anilines is 2. The Bertz CT molecular complexity index is 1090. The minimum absolute atomic E-state index is 0.0485. The van der Waals surface area contributed by atoms with Crippen LogP contribution in [0.5, 0.6) is 0 Å². The first-order valence-electron chi connectivity index (χ1n) is 11.5. The molecule has 0 radical (unpaired) electrons. The van der Waals surface area contributed by atoms with Crippen LogP contribution in [0.4, 0.5) is 10.8 Å². The van der Waals surface area contributed by atoms with Gasteiger partial charge in [0.2, 0.25) is 11.8 Å². The largest absolute Gasteiger partial charge is 0.378 e. The van der Waals surface area contributed by atoms with Gasteiger partial charge in [-0.2, -0.15) is 0 Å². The van der Waals surface area contributed by atoms with Gasteiger partial charge >= 0.3 is 0 Å². The highest BCUT2D eigenvalue weighted by Crippen LogP contribution is 2.28. The molecule has 1 atom stereocenters. The molecule has 0 spiro atoms. The molecule has 3 aromatic rings. The van der Waals surface area contributed by atoms with E-state index in [1.54, 1.807) is 11.3 Å². The van der Waals surface area contributed by atoms with Crippen LogP contribution in [-0.4, -0.2) is 49.1 Å². The summed E-state index contributed by atoms with van der Waals surface area (Å²) in [6.45, 7) is 7.02. The number of nitrogens with zero attached hydrogens (tertiary/aromatic N) is 2. The molecule has 2 aromatic carbocycles. The molecule has 0 saturated carbocycles. The minimum Gasteiger partial charge on any atom is -0.378 e. The summed E-state index contributed by atoms with van der Waals surface area (Å²) >= 11 is 1.63. The average molecular weight is 479 g/mol. The van der Waals surface area contributed by atoms with E-state index in [4.69, 9.17) is 9.72 Å². The van der Waals surface area contributed by atoms with Crippen molar-refractivity contribution in [3.05, 3.63) is 65.5 Å². The first-order valence-corrected chi connectivity index (χ1v) is 12.4. The Hall–Kier alpha value is -3.23. The lowest BCUT2D eigenvalue weighted by Crippen LogP contribution is -2.47. The number of hydrogen-bond acceptors (Lipinski definition) is 6. The van der Waals surface area contributed by atoms with Gasteiger partial charge in [0.15, 0.2) is 5.13 Å². The summed E-state index contributed by atoms with van der Waals surface area (Å²) in [5.41, 5.74) is 3.50. The molecule has 2 N–H and O–H groups in total. The summed E-state index contributed by atoms with van der Waals surface area (Å²) < 4.78 is 5.41. The molecule has 1 aliphatic rings. The van der Waals surface area contributed by atoms with Gasteiger partial charge in [0.05, 0.1) is 25.3 Å². The second kappa shape index (κ2) is 11.3. The predicted molar refractivity (Wildman–Crippen MR) is 136 cm³/mol. The zero-order valence-electron chi connectivity index (χ0n) is 19.5. The van der Waals surface area contributed by atoms with E-state index < -0.39 is 6.04 Å². The number of morpholine rings is 1. The molecule has 1 saturated heterocycles. The van der Waals surface area contributed by atoms with Crippen LogP contribution >= 0.6 is 11.3 Å². The maximum Gasteiger partial charge on any atom is 0.247 e. The summed E-state index contributed by atoms with van der Waals surface area (Å²) in [5.74, 6) is -0.449. The van der Waals surface area contributed by atoms with E-state index in [-0.39, 0.29) is 24.2 Å². The van der Waals surface area contributed by atoms with E-state index in [9.17, 15) is 9.59 Å². The van der Waals surface area contributed by atoms with Crippen LogP contribution in [0.1, 0.15) is 19.4 Å². The second-order valence-corrected chi connectivity index (χ2v) is 9.47. The number of hydrogen-bond donors (Lipinski definition) is 2. The van der Waals surface area contributed by atoms with Crippen molar-refractivity contribution in [2.24, 2.45) is 5.92 Å². The van der Waals surface area contributed by atoms with Crippen molar-refractivity contribution in [3.8, 4) is 11.3 Å². The Kier molecular flexibility index (Phi) is 7.92. The highest BCUT2D eigenvalue weighted by atomic mass is 32.1. The Morgan fingerprint density at radius 1 is 1.06 bits per heavy atom. The number of ether oxygens (including phenoxy) is 1. The lowest BCUT2D eigenvalue weighted by Gasteiger charge is -2.26. The third-order valence-electron chi connectivity index (χ3n) is 5.69. The number of thiazole rings is 1. The van der Waals surface area contributed by atoms with E-state index in [0.717, 1.165) is 48.3 Å². The molecule has 1 unspecified atom stereocenters. The first-order chi connectivity index (χ1) is 16.5. The molecule has 1 aliphatic heterocycles. The van der Waals surface area contributed by atoms with Gasteiger partial charge < -0.3 is 20.3 Å². The lowest BCUT2D eigenvalue weighted by molar-refractivity contribution is -0.127. The highest BCUT2D eigenvalue weighted by Gasteiger charge is 2.24. The topological polar surface area (TPSA) is 83.6 Å². The van der Waals surface area contributed by atoms with Crippen LogP contribution in [0.2, 0.25) is 0 Å². The lowest BCUT2D eigenvalue weighted by atomic mass is 10.0. The van der Waals surface area contributed by atoms with Gasteiger partial charge in [-0.15, -0.1) is 11.3 Å². The van der Waals surface area contributed by atoms with Gasteiger partial charge in [-0.3, -0.25) is 9.59 Å². The molecular weight excluding hydrogens is 448 g/mol. The van der Waals surface area contributed by atoms with Gasteiger partial charge in [-0.25, -0.2) is 4.98 Å². The fourth-order valence-corrected chi connectivity index (χ4v) is 4.67. The maximum absolute atomic E-state index is 12.9. The molecule has 1 aromatic heterocycles. The summed E-state index contributed by atoms with van der Waals surface area (Å²) in [5, 5.41) is 8.87.